The Bertz CT molecular complexity index is 363. The monoisotopic (exact) mass is 350 g/mol. The minimum atomic E-state index is -4.93. The van der Waals surface area contributed by atoms with Crippen LogP contribution in [0.25, 0.3) is 0 Å². The van der Waals surface area contributed by atoms with E-state index in [9.17, 15) is 9.13 Å². The molecule has 1 saturated carbocycles. The first-order valence-electron chi connectivity index (χ1n) is 6.23. The van der Waals surface area contributed by atoms with Crippen LogP contribution in [0.1, 0.15) is 38.5 Å². The maximum atomic E-state index is 10.8. The third-order valence-corrected chi connectivity index (χ3v) is 4.52. The van der Waals surface area contributed by atoms with Crippen LogP contribution in [0.2, 0.25) is 0 Å². The fraction of sp³-hybridized carbons (Fsp3) is 1.00. The highest BCUT2D eigenvalue weighted by molar-refractivity contribution is 7.81. The standard InChI is InChI=1S/C9H20O8P2S/c10-18(11,12)16-9(17-19(13,14)15)8(20)6-7-4-2-1-3-5-7/h7-9,20H,1-6H2,(H2,10,11,12)(H2,13,14,15). The summed E-state index contributed by atoms with van der Waals surface area (Å²) in [6.45, 7) is 0. The van der Waals surface area contributed by atoms with E-state index in [1.165, 1.54) is 0 Å². The molecule has 4 N–H and O–H groups in total. The average molecular weight is 350 g/mol. The van der Waals surface area contributed by atoms with Crippen LogP contribution in [0.15, 0.2) is 0 Å². The highest BCUT2D eigenvalue weighted by Crippen LogP contribution is 2.46. The Morgan fingerprint density at radius 3 is 1.85 bits per heavy atom. The third kappa shape index (κ3) is 8.12. The Morgan fingerprint density at radius 1 is 1.00 bits per heavy atom. The van der Waals surface area contributed by atoms with Crippen molar-refractivity contribution in [2.24, 2.45) is 5.92 Å². The normalized spacial score (nSPS) is 20.3. The van der Waals surface area contributed by atoms with Crippen LogP contribution in [-0.2, 0) is 18.2 Å². The molecule has 1 aliphatic rings. The van der Waals surface area contributed by atoms with Crippen LogP contribution in [-0.4, -0.2) is 31.1 Å². The van der Waals surface area contributed by atoms with Gasteiger partial charge in [-0.1, -0.05) is 32.1 Å². The van der Waals surface area contributed by atoms with E-state index in [0.717, 1.165) is 32.1 Å². The lowest BCUT2D eigenvalue weighted by molar-refractivity contribution is -0.0371. The number of hydrogen-bond acceptors (Lipinski definition) is 5. The van der Waals surface area contributed by atoms with Gasteiger partial charge in [0.2, 0.25) is 0 Å². The Hall–Kier alpha value is 0.570. The minimum absolute atomic E-state index is 0.287. The summed E-state index contributed by atoms with van der Waals surface area (Å²) in [5.74, 6) is 0.287. The summed E-state index contributed by atoms with van der Waals surface area (Å²) in [6.07, 6.45) is 3.83. The molecule has 1 rings (SSSR count). The summed E-state index contributed by atoms with van der Waals surface area (Å²) in [5, 5.41) is -0.835. The summed E-state index contributed by atoms with van der Waals surface area (Å²) in [7, 11) is -9.86. The van der Waals surface area contributed by atoms with Crippen LogP contribution in [0.5, 0.6) is 0 Å². The van der Waals surface area contributed by atoms with Gasteiger partial charge in [-0.05, 0) is 12.3 Å². The summed E-state index contributed by atoms with van der Waals surface area (Å²) in [5.41, 5.74) is 0. The molecule has 0 saturated heterocycles. The molecular weight excluding hydrogens is 330 g/mol. The van der Waals surface area contributed by atoms with Gasteiger partial charge in [0.1, 0.15) is 0 Å². The fourth-order valence-corrected chi connectivity index (χ4v) is 3.91. The molecule has 0 spiro atoms. The molecule has 0 aliphatic heterocycles. The van der Waals surface area contributed by atoms with E-state index >= 15 is 0 Å². The molecule has 120 valence electrons. The molecule has 11 heteroatoms. The van der Waals surface area contributed by atoms with E-state index in [4.69, 9.17) is 19.6 Å². The van der Waals surface area contributed by atoms with Crippen molar-refractivity contribution in [2.75, 3.05) is 0 Å². The molecule has 20 heavy (non-hydrogen) atoms. The molecule has 0 aromatic heterocycles. The highest BCUT2D eigenvalue weighted by atomic mass is 32.1. The first kappa shape index (κ1) is 18.6. The molecule has 0 amide bonds. The third-order valence-electron chi connectivity index (χ3n) is 3.10. The van der Waals surface area contributed by atoms with Gasteiger partial charge in [-0.15, -0.1) is 0 Å². The second kappa shape index (κ2) is 7.72. The molecule has 1 fully saturated rings. The van der Waals surface area contributed by atoms with Crippen molar-refractivity contribution < 1.29 is 37.8 Å². The lowest BCUT2D eigenvalue weighted by Gasteiger charge is -2.28. The number of hydrogen-bond donors (Lipinski definition) is 5. The van der Waals surface area contributed by atoms with E-state index in [2.05, 4.69) is 21.7 Å². The largest absolute Gasteiger partial charge is 0.471 e. The molecule has 8 nitrogen and oxygen atoms in total. The lowest BCUT2D eigenvalue weighted by atomic mass is 9.86. The number of phosphoric ester groups is 2. The topological polar surface area (TPSA) is 134 Å². The van der Waals surface area contributed by atoms with Gasteiger partial charge in [0.05, 0.1) is 5.25 Å². The van der Waals surface area contributed by atoms with Crippen molar-refractivity contribution in [3.05, 3.63) is 0 Å². The zero-order valence-corrected chi connectivity index (χ0v) is 13.4. The summed E-state index contributed by atoms with van der Waals surface area (Å²) < 4.78 is 30.2. The molecule has 0 heterocycles. The minimum Gasteiger partial charge on any atom is -0.303 e. The van der Waals surface area contributed by atoms with Crippen molar-refractivity contribution in [1.82, 2.24) is 0 Å². The van der Waals surface area contributed by atoms with E-state index in [1.54, 1.807) is 0 Å². The van der Waals surface area contributed by atoms with Gasteiger partial charge in [-0.2, -0.15) is 12.6 Å². The predicted molar refractivity (Wildman–Crippen MR) is 74.0 cm³/mol. The summed E-state index contributed by atoms with van der Waals surface area (Å²) in [6, 6.07) is 0. The first-order valence-corrected chi connectivity index (χ1v) is 9.80. The molecule has 0 aromatic rings. The average Bonchev–Trinajstić information content (AvgIpc) is 2.25. The summed E-state index contributed by atoms with van der Waals surface area (Å²) >= 11 is 4.12. The van der Waals surface area contributed by atoms with Crippen LogP contribution >= 0.6 is 28.3 Å². The zero-order chi connectivity index (χ0) is 15.4. The van der Waals surface area contributed by atoms with Gasteiger partial charge in [-0.3, -0.25) is 9.05 Å². The van der Waals surface area contributed by atoms with E-state index in [-0.39, 0.29) is 5.92 Å². The Labute approximate surface area is 122 Å². The molecule has 0 aromatic carbocycles. The molecule has 1 atom stereocenters. The van der Waals surface area contributed by atoms with Crippen molar-refractivity contribution in [2.45, 2.75) is 50.1 Å². The van der Waals surface area contributed by atoms with Crippen LogP contribution in [0.3, 0.4) is 0 Å². The molecular formula is C9H20O8P2S. The lowest BCUT2D eigenvalue weighted by Crippen LogP contribution is -2.28. The maximum absolute atomic E-state index is 10.8. The van der Waals surface area contributed by atoms with Crippen molar-refractivity contribution in [3.8, 4) is 0 Å². The SMILES string of the molecule is O=P(O)(O)OC(OP(=O)(O)O)C(S)CC1CCCCC1. The smallest absolute Gasteiger partial charge is 0.303 e. The van der Waals surface area contributed by atoms with Gasteiger partial charge >= 0.3 is 15.6 Å². The molecule has 1 unspecified atom stereocenters. The second-order valence-electron chi connectivity index (χ2n) is 4.87. The van der Waals surface area contributed by atoms with Crippen molar-refractivity contribution in [3.63, 3.8) is 0 Å². The highest BCUT2D eigenvalue weighted by Gasteiger charge is 2.35. The fourth-order valence-electron chi connectivity index (χ4n) is 2.31. The Balaban J connectivity index is 2.64. The van der Waals surface area contributed by atoms with Gasteiger partial charge < -0.3 is 19.6 Å². The number of phosphoric acid groups is 2. The van der Waals surface area contributed by atoms with E-state index in [0.29, 0.717) is 6.42 Å². The van der Waals surface area contributed by atoms with Gasteiger partial charge in [0.25, 0.3) is 0 Å². The maximum Gasteiger partial charge on any atom is 0.471 e. The van der Waals surface area contributed by atoms with Crippen molar-refractivity contribution >= 4 is 28.3 Å². The van der Waals surface area contributed by atoms with Gasteiger partial charge in [0.15, 0.2) is 6.29 Å². The molecule has 0 radical (unpaired) electrons. The molecule has 1 aliphatic carbocycles. The van der Waals surface area contributed by atoms with Gasteiger partial charge in [0, 0.05) is 0 Å². The zero-order valence-electron chi connectivity index (χ0n) is 10.7. The van der Waals surface area contributed by atoms with E-state index in [1.807, 2.05) is 0 Å². The summed E-state index contributed by atoms with van der Waals surface area (Å²) in [4.78, 5) is 35.0. The number of rotatable bonds is 7. The van der Waals surface area contributed by atoms with Crippen molar-refractivity contribution in [1.29, 1.82) is 0 Å². The van der Waals surface area contributed by atoms with E-state index < -0.39 is 27.2 Å². The first-order chi connectivity index (χ1) is 9.07. The quantitative estimate of drug-likeness (QED) is 0.267. The number of thiol groups is 1. The second-order valence-corrected chi connectivity index (χ2v) is 7.91. The van der Waals surface area contributed by atoms with Crippen LogP contribution in [0, 0.1) is 5.92 Å². The predicted octanol–water partition coefficient (Wildman–Crippen LogP) is 1.80. The van der Waals surface area contributed by atoms with Crippen LogP contribution in [0.4, 0.5) is 0 Å². The van der Waals surface area contributed by atoms with Crippen LogP contribution < -0.4 is 0 Å². The Morgan fingerprint density at radius 2 is 1.45 bits per heavy atom. The Kier molecular flexibility index (Phi) is 7.19. The molecule has 0 bridgehead atoms. The van der Waals surface area contributed by atoms with Gasteiger partial charge in [-0.25, -0.2) is 9.13 Å².